The van der Waals surface area contributed by atoms with E-state index in [0.717, 1.165) is 6.42 Å². The molecular weight excluding hydrogens is 452 g/mol. The summed E-state index contributed by atoms with van der Waals surface area (Å²) in [7, 11) is 0. The number of hydrogen-bond donors (Lipinski definition) is 0. The first-order chi connectivity index (χ1) is 17.8. The Balaban J connectivity index is 1.27. The molecule has 2 aliphatic carbocycles. The molecule has 0 saturated heterocycles. The summed E-state index contributed by atoms with van der Waals surface area (Å²) < 4.78 is 2.75. The van der Waals surface area contributed by atoms with Crippen LogP contribution in [0.3, 0.4) is 0 Å². The van der Waals surface area contributed by atoms with Crippen LogP contribution in [0.1, 0.15) is 35.1 Å². The standard InChI is InChI=1S/C35H26S/c1-2-9-27-22(7-1)8-5-11-28(27)25-17-15-23-19-24-16-18-26(21-33(24)32(23)20-25)29-12-6-13-31-30-10-3-4-14-34(30)36-35(29)31/h3-6,8,10-18,20-21H,1-2,7,9,19H2. The van der Waals surface area contributed by atoms with Crippen LogP contribution >= 0.6 is 11.3 Å². The number of fused-ring (bicyclic) bond motifs is 7. The molecule has 0 bridgehead atoms. The van der Waals surface area contributed by atoms with Gasteiger partial charge in [0.2, 0.25) is 0 Å². The summed E-state index contributed by atoms with van der Waals surface area (Å²) in [6.07, 6.45) is 6.10. The Hall–Kier alpha value is -3.68. The van der Waals surface area contributed by atoms with Crippen LogP contribution < -0.4 is 0 Å². The number of thiophene rings is 1. The summed E-state index contributed by atoms with van der Waals surface area (Å²) in [5.74, 6) is 0. The smallest absolute Gasteiger partial charge is 0.0433 e. The van der Waals surface area contributed by atoms with Gasteiger partial charge in [0.15, 0.2) is 0 Å². The first kappa shape index (κ1) is 20.5. The van der Waals surface area contributed by atoms with E-state index in [4.69, 9.17) is 0 Å². The Morgan fingerprint density at radius 3 is 2.06 bits per heavy atom. The fourth-order valence-electron chi connectivity index (χ4n) is 6.53. The van der Waals surface area contributed by atoms with Gasteiger partial charge in [0.25, 0.3) is 0 Å². The molecule has 0 nitrogen and oxygen atoms in total. The van der Waals surface area contributed by atoms with E-state index < -0.39 is 0 Å². The van der Waals surface area contributed by atoms with Crippen molar-refractivity contribution in [3.8, 4) is 33.4 Å². The lowest BCUT2D eigenvalue weighted by Gasteiger charge is -2.20. The zero-order chi connectivity index (χ0) is 23.6. The van der Waals surface area contributed by atoms with Crippen molar-refractivity contribution in [2.45, 2.75) is 32.1 Å². The van der Waals surface area contributed by atoms with Crippen LogP contribution in [0, 0.1) is 0 Å². The summed E-state index contributed by atoms with van der Waals surface area (Å²) in [5.41, 5.74) is 14.3. The molecule has 1 aromatic heterocycles. The minimum absolute atomic E-state index is 1.03. The lowest BCUT2D eigenvalue weighted by Crippen LogP contribution is -2.04. The Morgan fingerprint density at radius 2 is 1.19 bits per heavy atom. The van der Waals surface area contributed by atoms with Gasteiger partial charge in [-0.2, -0.15) is 0 Å². The first-order valence-corrected chi connectivity index (χ1v) is 13.9. The van der Waals surface area contributed by atoms with Gasteiger partial charge in [-0.15, -0.1) is 11.3 Å². The molecule has 5 aromatic carbocycles. The summed E-state index contributed by atoms with van der Waals surface area (Å²) in [6, 6.07) is 36.8. The molecule has 1 heteroatoms. The summed E-state index contributed by atoms with van der Waals surface area (Å²) in [6.45, 7) is 0. The second-order valence-electron chi connectivity index (χ2n) is 10.4. The largest absolute Gasteiger partial charge is 0.135 e. The second-order valence-corrected chi connectivity index (χ2v) is 11.4. The highest BCUT2D eigenvalue weighted by molar-refractivity contribution is 7.26. The fourth-order valence-corrected chi connectivity index (χ4v) is 7.77. The van der Waals surface area contributed by atoms with E-state index in [9.17, 15) is 0 Å². The molecule has 1 heterocycles. The monoisotopic (exact) mass is 478 g/mol. The molecule has 0 N–H and O–H groups in total. The molecule has 0 saturated carbocycles. The van der Waals surface area contributed by atoms with Crippen LogP contribution in [-0.4, -0.2) is 0 Å². The molecule has 6 aromatic rings. The van der Waals surface area contributed by atoms with Crippen molar-refractivity contribution in [1.82, 2.24) is 0 Å². The SMILES string of the molecule is c1cc2c(c(-c3ccc4c(c3)-c3cc(-c5cccc6c5sc5ccccc56)ccc3C4)c1)CCCC2. The Labute approximate surface area is 215 Å². The average molecular weight is 479 g/mol. The third-order valence-corrected chi connectivity index (χ3v) is 9.53. The van der Waals surface area contributed by atoms with Crippen molar-refractivity contribution in [3.63, 3.8) is 0 Å². The fraction of sp³-hybridized carbons (Fsp3) is 0.143. The minimum Gasteiger partial charge on any atom is -0.135 e. The molecule has 0 unspecified atom stereocenters. The van der Waals surface area contributed by atoms with Crippen molar-refractivity contribution >= 4 is 31.5 Å². The molecule has 2 aliphatic rings. The van der Waals surface area contributed by atoms with Crippen LogP contribution in [0.15, 0.2) is 97.1 Å². The highest BCUT2D eigenvalue weighted by Gasteiger charge is 2.22. The van der Waals surface area contributed by atoms with Gasteiger partial charge >= 0.3 is 0 Å². The molecule has 0 aliphatic heterocycles. The maximum absolute atomic E-state index is 2.47. The first-order valence-electron chi connectivity index (χ1n) is 13.1. The zero-order valence-electron chi connectivity index (χ0n) is 20.2. The van der Waals surface area contributed by atoms with Crippen molar-refractivity contribution in [2.24, 2.45) is 0 Å². The van der Waals surface area contributed by atoms with E-state index in [1.165, 1.54) is 90.4 Å². The molecule has 0 amide bonds. The maximum atomic E-state index is 2.47. The predicted octanol–water partition coefficient (Wildman–Crippen LogP) is 9.84. The summed E-state index contributed by atoms with van der Waals surface area (Å²) >= 11 is 1.91. The normalized spacial score (nSPS) is 14.1. The van der Waals surface area contributed by atoms with Gasteiger partial charge in [0, 0.05) is 20.2 Å². The van der Waals surface area contributed by atoms with Crippen LogP contribution in [-0.2, 0) is 19.3 Å². The van der Waals surface area contributed by atoms with E-state index in [1.54, 1.807) is 11.1 Å². The number of aryl methyl sites for hydroxylation is 1. The Kier molecular flexibility index (Phi) is 4.51. The van der Waals surface area contributed by atoms with Gasteiger partial charge in [-0.1, -0.05) is 78.9 Å². The van der Waals surface area contributed by atoms with Gasteiger partial charge in [-0.3, -0.25) is 0 Å². The van der Waals surface area contributed by atoms with Crippen molar-refractivity contribution in [1.29, 1.82) is 0 Å². The van der Waals surface area contributed by atoms with Gasteiger partial charge in [0.1, 0.15) is 0 Å². The third kappa shape index (κ3) is 3.06. The molecule has 8 rings (SSSR count). The van der Waals surface area contributed by atoms with Gasteiger partial charge in [0.05, 0.1) is 0 Å². The molecule has 0 radical (unpaired) electrons. The van der Waals surface area contributed by atoms with Crippen LogP contribution in [0.25, 0.3) is 53.6 Å². The number of hydrogen-bond acceptors (Lipinski definition) is 1. The van der Waals surface area contributed by atoms with Crippen LogP contribution in [0.5, 0.6) is 0 Å². The van der Waals surface area contributed by atoms with Crippen molar-refractivity contribution in [3.05, 3.63) is 119 Å². The summed E-state index contributed by atoms with van der Waals surface area (Å²) in [4.78, 5) is 0. The highest BCUT2D eigenvalue weighted by atomic mass is 32.1. The number of rotatable bonds is 2. The van der Waals surface area contributed by atoms with Gasteiger partial charge in [-0.25, -0.2) is 0 Å². The van der Waals surface area contributed by atoms with E-state index in [-0.39, 0.29) is 0 Å². The third-order valence-electron chi connectivity index (χ3n) is 8.31. The highest BCUT2D eigenvalue weighted by Crippen LogP contribution is 2.44. The molecule has 0 atom stereocenters. The molecule has 0 fully saturated rings. The number of benzene rings is 5. The Morgan fingerprint density at radius 1 is 0.500 bits per heavy atom. The van der Waals surface area contributed by atoms with Crippen molar-refractivity contribution < 1.29 is 0 Å². The second kappa shape index (κ2) is 7.91. The topological polar surface area (TPSA) is 0 Å². The van der Waals surface area contributed by atoms with E-state index in [1.807, 2.05) is 11.3 Å². The van der Waals surface area contributed by atoms with Gasteiger partial charge in [-0.05, 0) is 106 Å². The van der Waals surface area contributed by atoms with Crippen LogP contribution in [0.4, 0.5) is 0 Å². The molecule has 36 heavy (non-hydrogen) atoms. The maximum Gasteiger partial charge on any atom is 0.0433 e. The van der Waals surface area contributed by atoms with E-state index in [2.05, 4.69) is 97.1 Å². The Bertz CT molecular complexity index is 1820. The molecule has 0 spiro atoms. The lowest BCUT2D eigenvalue weighted by molar-refractivity contribution is 0.687. The van der Waals surface area contributed by atoms with Crippen molar-refractivity contribution in [2.75, 3.05) is 0 Å². The van der Waals surface area contributed by atoms with E-state index in [0.29, 0.717) is 0 Å². The molecular formula is C35H26S. The zero-order valence-corrected chi connectivity index (χ0v) is 21.0. The molecule has 172 valence electrons. The lowest BCUT2D eigenvalue weighted by atomic mass is 9.85. The quantitative estimate of drug-likeness (QED) is 0.232. The predicted molar refractivity (Wildman–Crippen MR) is 155 cm³/mol. The summed E-state index contributed by atoms with van der Waals surface area (Å²) in [5, 5.41) is 2.73. The average Bonchev–Trinajstić information content (AvgIpc) is 3.50. The minimum atomic E-state index is 1.03. The van der Waals surface area contributed by atoms with E-state index >= 15 is 0 Å². The van der Waals surface area contributed by atoms with Crippen LogP contribution in [0.2, 0.25) is 0 Å². The van der Waals surface area contributed by atoms with Gasteiger partial charge < -0.3 is 0 Å².